The maximum Gasteiger partial charge on any atom is 0.303 e. The number of hydrogen-bond donors (Lipinski definition) is 0. The summed E-state index contributed by atoms with van der Waals surface area (Å²) >= 11 is 0. The Bertz CT molecular complexity index is 476. The van der Waals surface area contributed by atoms with Crippen LogP contribution in [0.1, 0.15) is 25.5 Å². The number of hydrogen-bond acceptors (Lipinski definition) is 2. The van der Waals surface area contributed by atoms with Gasteiger partial charge in [0.15, 0.2) is 0 Å². The van der Waals surface area contributed by atoms with Crippen molar-refractivity contribution >= 4 is 5.97 Å². The second kappa shape index (κ2) is 4.35. The van der Waals surface area contributed by atoms with Crippen LogP contribution in [0.2, 0.25) is 0 Å². The highest BCUT2D eigenvalue weighted by Crippen LogP contribution is 2.32. The Morgan fingerprint density at radius 3 is 2.62 bits per heavy atom. The Morgan fingerprint density at radius 2 is 1.88 bits per heavy atom. The van der Waals surface area contributed by atoms with Crippen LogP contribution in [-0.4, -0.2) is 5.97 Å². The first-order valence-electron chi connectivity index (χ1n) is 5.33. The first kappa shape index (κ1) is 10.7. The highest BCUT2D eigenvalue weighted by molar-refractivity contribution is 5.72. The van der Waals surface area contributed by atoms with Gasteiger partial charge in [0.2, 0.25) is 0 Å². The van der Waals surface area contributed by atoms with Gasteiger partial charge in [0.25, 0.3) is 0 Å². The Balaban J connectivity index is 2.37. The molecule has 16 heavy (non-hydrogen) atoms. The first-order chi connectivity index (χ1) is 7.68. The van der Waals surface area contributed by atoms with Crippen molar-refractivity contribution in [3.05, 3.63) is 48.0 Å². The Morgan fingerprint density at radius 1 is 1.12 bits per heavy atom. The summed E-state index contributed by atoms with van der Waals surface area (Å²) in [5, 5.41) is 0. The van der Waals surface area contributed by atoms with E-state index < -0.39 is 0 Å². The molecule has 2 nitrogen and oxygen atoms in total. The molecule has 0 aromatic carbocycles. The molecular weight excluding hydrogens is 200 g/mol. The van der Waals surface area contributed by atoms with Crippen LogP contribution in [0, 0.1) is 0 Å². The Kier molecular flexibility index (Phi) is 2.91. The molecule has 1 unspecified atom stereocenters. The van der Waals surface area contributed by atoms with Crippen molar-refractivity contribution in [2.75, 3.05) is 0 Å². The summed E-state index contributed by atoms with van der Waals surface area (Å²) in [5.41, 5.74) is 3.36. The van der Waals surface area contributed by atoms with Gasteiger partial charge in [0.1, 0.15) is 6.10 Å². The molecule has 0 saturated heterocycles. The number of fused-ring (bicyclic) bond motifs is 1. The monoisotopic (exact) mass is 214 g/mol. The first-order valence-corrected chi connectivity index (χ1v) is 5.33. The van der Waals surface area contributed by atoms with E-state index in [1.807, 2.05) is 43.3 Å². The van der Waals surface area contributed by atoms with E-state index in [4.69, 9.17) is 4.74 Å². The molecule has 0 amide bonds. The lowest BCUT2D eigenvalue weighted by molar-refractivity contribution is -0.145. The van der Waals surface area contributed by atoms with Crippen LogP contribution in [0.4, 0.5) is 0 Å². The molecule has 0 radical (unpaired) electrons. The summed E-state index contributed by atoms with van der Waals surface area (Å²) < 4.78 is 5.19. The lowest BCUT2D eigenvalue weighted by Crippen LogP contribution is -2.04. The number of carbonyl (C=O) groups is 1. The fourth-order valence-electron chi connectivity index (χ4n) is 1.91. The molecule has 0 heterocycles. The summed E-state index contributed by atoms with van der Waals surface area (Å²) in [6.07, 6.45) is -0.197. The molecule has 1 atom stereocenters. The van der Waals surface area contributed by atoms with E-state index in [1.54, 1.807) is 0 Å². The third-order valence-corrected chi connectivity index (χ3v) is 2.61. The van der Waals surface area contributed by atoms with Crippen LogP contribution in [-0.2, 0) is 9.53 Å². The van der Waals surface area contributed by atoms with E-state index in [0.29, 0.717) is 0 Å². The van der Waals surface area contributed by atoms with E-state index >= 15 is 0 Å². The van der Waals surface area contributed by atoms with Gasteiger partial charge in [-0.1, -0.05) is 42.5 Å². The van der Waals surface area contributed by atoms with Crippen molar-refractivity contribution in [1.29, 1.82) is 0 Å². The number of rotatable bonds is 2. The number of ether oxygens (including phenoxy) is 1. The third-order valence-electron chi connectivity index (χ3n) is 2.61. The molecule has 2 aliphatic carbocycles. The second-order valence-corrected chi connectivity index (χ2v) is 3.82. The van der Waals surface area contributed by atoms with E-state index in [0.717, 1.165) is 11.1 Å². The van der Waals surface area contributed by atoms with Gasteiger partial charge in [-0.3, -0.25) is 4.79 Å². The van der Waals surface area contributed by atoms with Crippen LogP contribution < -0.4 is 0 Å². The van der Waals surface area contributed by atoms with Gasteiger partial charge in [0, 0.05) is 6.92 Å². The fourth-order valence-corrected chi connectivity index (χ4v) is 1.91. The highest BCUT2D eigenvalue weighted by Gasteiger charge is 2.15. The normalized spacial score (nSPS) is 12.4. The van der Waals surface area contributed by atoms with Gasteiger partial charge in [0.05, 0.1) is 0 Å². The summed E-state index contributed by atoms with van der Waals surface area (Å²) in [6, 6.07) is 14.1. The van der Waals surface area contributed by atoms with Crippen LogP contribution in [0.5, 0.6) is 0 Å². The Hall–Kier alpha value is -1.83. The van der Waals surface area contributed by atoms with Crippen LogP contribution in [0.25, 0.3) is 11.1 Å². The molecule has 82 valence electrons. The lowest BCUT2D eigenvalue weighted by Gasteiger charge is -2.12. The SMILES string of the molecule is CC(=O)OC(C)c1ccc2cccccc1-2. The summed E-state index contributed by atoms with van der Waals surface area (Å²) in [7, 11) is 0. The van der Waals surface area contributed by atoms with Crippen molar-refractivity contribution in [3.8, 4) is 11.1 Å². The zero-order valence-corrected chi connectivity index (χ0v) is 9.44. The average molecular weight is 214 g/mol. The largest absolute Gasteiger partial charge is 0.458 e. The molecule has 0 aromatic rings. The van der Waals surface area contributed by atoms with Crippen LogP contribution in [0.15, 0.2) is 42.5 Å². The van der Waals surface area contributed by atoms with Crippen molar-refractivity contribution in [3.63, 3.8) is 0 Å². The minimum Gasteiger partial charge on any atom is -0.458 e. The van der Waals surface area contributed by atoms with Crippen molar-refractivity contribution in [1.82, 2.24) is 0 Å². The average Bonchev–Trinajstić information content (AvgIpc) is 2.47. The quantitative estimate of drug-likeness (QED) is 0.716. The van der Waals surface area contributed by atoms with Crippen molar-refractivity contribution < 1.29 is 9.53 Å². The summed E-state index contributed by atoms with van der Waals surface area (Å²) in [5.74, 6) is -0.248. The van der Waals surface area contributed by atoms with Crippen molar-refractivity contribution in [2.24, 2.45) is 0 Å². The zero-order chi connectivity index (χ0) is 11.5. The molecule has 0 spiro atoms. The molecule has 2 aliphatic rings. The minimum absolute atomic E-state index is 0.197. The molecule has 0 aliphatic heterocycles. The van der Waals surface area contributed by atoms with Gasteiger partial charge >= 0.3 is 5.97 Å². The van der Waals surface area contributed by atoms with Gasteiger partial charge in [-0.15, -0.1) is 0 Å². The molecule has 0 fully saturated rings. The van der Waals surface area contributed by atoms with E-state index in [1.165, 1.54) is 12.5 Å². The number of carbonyl (C=O) groups excluding carboxylic acids is 1. The van der Waals surface area contributed by atoms with Gasteiger partial charge in [-0.05, 0) is 23.6 Å². The molecule has 2 heteroatoms. The molecule has 0 N–H and O–H groups in total. The lowest BCUT2D eigenvalue weighted by atomic mass is 10.1. The van der Waals surface area contributed by atoms with E-state index in [9.17, 15) is 4.79 Å². The predicted octanol–water partition coefficient (Wildman–Crippen LogP) is 3.42. The van der Waals surface area contributed by atoms with Crippen LogP contribution in [0.3, 0.4) is 0 Å². The van der Waals surface area contributed by atoms with Crippen molar-refractivity contribution in [2.45, 2.75) is 20.0 Å². The molecule has 0 bridgehead atoms. The van der Waals surface area contributed by atoms with Gasteiger partial charge in [-0.25, -0.2) is 0 Å². The minimum atomic E-state index is -0.248. The molecular formula is C14H14O2. The fraction of sp³-hybridized carbons (Fsp3) is 0.214. The maximum atomic E-state index is 10.9. The summed E-state index contributed by atoms with van der Waals surface area (Å²) in [6.45, 7) is 3.32. The van der Waals surface area contributed by atoms with Gasteiger partial charge < -0.3 is 4.74 Å². The van der Waals surface area contributed by atoms with Crippen LogP contribution >= 0.6 is 0 Å². The van der Waals surface area contributed by atoms with E-state index in [-0.39, 0.29) is 12.1 Å². The molecule has 0 aromatic heterocycles. The highest BCUT2D eigenvalue weighted by atomic mass is 16.5. The topological polar surface area (TPSA) is 26.3 Å². The Labute approximate surface area is 95.2 Å². The smallest absolute Gasteiger partial charge is 0.303 e. The summed E-state index contributed by atoms with van der Waals surface area (Å²) in [4.78, 5) is 10.9. The second-order valence-electron chi connectivity index (χ2n) is 3.82. The molecule has 0 saturated carbocycles. The number of esters is 1. The predicted molar refractivity (Wildman–Crippen MR) is 63.2 cm³/mol. The maximum absolute atomic E-state index is 10.9. The van der Waals surface area contributed by atoms with E-state index in [2.05, 4.69) is 6.07 Å². The zero-order valence-electron chi connectivity index (χ0n) is 9.44. The standard InChI is InChI=1S/C14H14O2/c1-10(16-11(2)15)13-9-8-12-6-4-3-5-7-14(12)13/h3-10H,1-2H3. The third kappa shape index (κ3) is 2.06. The van der Waals surface area contributed by atoms with Gasteiger partial charge in [-0.2, -0.15) is 0 Å². The molecule has 2 rings (SSSR count).